The third-order valence-electron chi connectivity index (χ3n) is 2.47. The van der Waals surface area contributed by atoms with Crippen LogP contribution in [0.1, 0.15) is 31.7 Å². The fourth-order valence-corrected chi connectivity index (χ4v) is 1.55. The lowest BCUT2D eigenvalue weighted by molar-refractivity contribution is 0.554. The predicted octanol–water partition coefficient (Wildman–Crippen LogP) is 1.33. The Morgan fingerprint density at radius 2 is 2.19 bits per heavy atom. The van der Waals surface area contributed by atoms with Crippen LogP contribution in [0.2, 0.25) is 0 Å². The van der Waals surface area contributed by atoms with Crippen LogP contribution in [0, 0.1) is 6.92 Å². The van der Waals surface area contributed by atoms with Crippen molar-refractivity contribution in [3.05, 3.63) is 28.4 Å². The fourth-order valence-electron chi connectivity index (χ4n) is 1.55. The summed E-state index contributed by atoms with van der Waals surface area (Å²) in [7, 11) is 0. The SMILES string of the molecule is CCCCCNCCn1cc(C)cnc1=O. The summed E-state index contributed by atoms with van der Waals surface area (Å²) in [5, 5.41) is 3.33. The molecule has 0 unspecified atom stereocenters. The first-order valence-corrected chi connectivity index (χ1v) is 5.98. The number of unbranched alkanes of at least 4 members (excludes halogenated alkanes) is 2. The van der Waals surface area contributed by atoms with Gasteiger partial charge >= 0.3 is 5.69 Å². The molecule has 0 aliphatic carbocycles. The van der Waals surface area contributed by atoms with Gasteiger partial charge in [0.25, 0.3) is 0 Å². The average molecular weight is 223 g/mol. The summed E-state index contributed by atoms with van der Waals surface area (Å²) in [4.78, 5) is 15.1. The number of aromatic nitrogens is 2. The Morgan fingerprint density at radius 1 is 1.38 bits per heavy atom. The van der Waals surface area contributed by atoms with Crippen molar-refractivity contribution < 1.29 is 0 Å². The first kappa shape index (κ1) is 12.9. The van der Waals surface area contributed by atoms with Crippen molar-refractivity contribution >= 4 is 0 Å². The number of nitrogens with zero attached hydrogens (tertiary/aromatic N) is 2. The zero-order chi connectivity index (χ0) is 11.8. The van der Waals surface area contributed by atoms with E-state index in [4.69, 9.17) is 0 Å². The molecule has 0 aliphatic heterocycles. The van der Waals surface area contributed by atoms with Gasteiger partial charge in [-0.25, -0.2) is 9.78 Å². The van der Waals surface area contributed by atoms with E-state index in [1.54, 1.807) is 10.8 Å². The smallest absolute Gasteiger partial charge is 0.315 e. The van der Waals surface area contributed by atoms with Gasteiger partial charge in [-0.1, -0.05) is 19.8 Å². The van der Waals surface area contributed by atoms with Gasteiger partial charge < -0.3 is 5.32 Å². The van der Waals surface area contributed by atoms with E-state index in [-0.39, 0.29) is 5.69 Å². The summed E-state index contributed by atoms with van der Waals surface area (Å²) in [5.74, 6) is 0. The van der Waals surface area contributed by atoms with E-state index in [2.05, 4.69) is 17.2 Å². The van der Waals surface area contributed by atoms with Gasteiger partial charge in [0.15, 0.2) is 0 Å². The number of rotatable bonds is 7. The summed E-state index contributed by atoms with van der Waals surface area (Å²) in [6.07, 6.45) is 7.16. The van der Waals surface area contributed by atoms with E-state index >= 15 is 0 Å². The molecule has 0 aromatic carbocycles. The lowest BCUT2D eigenvalue weighted by Gasteiger charge is -2.07. The molecule has 0 spiro atoms. The van der Waals surface area contributed by atoms with Crippen LogP contribution in [0.4, 0.5) is 0 Å². The molecular weight excluding hydrogens is 202 g/mol. The molecule has 1 aromatic rings. The molecule has 16 heavy (non-hydrogen) atoms. The van der Waals surface area contributed by atoms with Crippen molar-refractivity contribution in [1.82, 2.24) is 14.9 Å². The summed E-state index contributed by atoms with van der Waals surface area (Å²) >= 11 is 0. The van der Waals surface area contributed by atoms with Gasteiger partial charge in [-0.3, -0.25) is 4.57 Å². The van der Waals surface area contributed by atoms with Crippen molar-refractivity contribution in [2.45, 2.75) is 39.7 Å². The minimum Gasteiger partial charge on any atom is -0.315 e. The van der Waals surface area contributed by atoms with Gasteiger partial charge in [0, 0.05) is 25.5 Å². The average Bonchev–Trinajstić information content (AvgIpc) is 2.28. The second-order valence-corrected chi connectivity index (χ2v) is 4.06. The Hall–Kier alpha value is -1.16. The molecule has 1 heterocycles. The van der Waals surface area contributed by atoms with E-state index in [0.717, 1.165) is 18.7 Å². The molecule has 0 saturated carbocycles. The van der Waals surface area contributed by atoms with Gasteiger partial charge in [0.2, 0.25) is 0 Å². The molecule has 0 saturated heterocycles. The monoisotopic (exact) mass is 223 g/mol. The third-order valence-corrected chi connectivity index (χ3v) is 2.47. The molecule has 0 radical (unpaired) electrons. The Morgan fingerprint density at radius 3 is 2.94 bits per heavy atom. The number of aryl methyl sites for hydroxylation is 1. The van der Waals surface area contributed by atoms with Crippen LogP contribution in [0.15, 0.2) is 17.2 Å². The molecule has 4 nitrogen and oxygen atoms in total. The van der Waals surface area contributed by atoms with E-state index in [1.165, 1.54) is 19.3 Å². The molecule has 1 N–H and O–H groups in total. The number of hydrogen-bond acceptors (Lipinski definition) is 3. The largest absolute Gasteiger partial charge is 0.347 e. The maximum absolute atomic E-state index is 11.4. The van der Waals surface area contributed by atoms with Crippen LogP contribution < -0.4 is 11.0 Å². The Bertz CT molecular complexity index is 360. The minimum atomic E-state index is -0.166. The number of hydrogen-bond donors (Lipinski definition) is 1. The lowest BCUT2D eigenvalue weighted by atomic mass is 10.2. The van der Waals surface area contributed by atoms with Crippen molar-refractivity contribution in [1.29, 1.82) is 0 Å². The summed E-state index contributed by atoms with van der Waals surface area (Å²) in [5.41, 5.74) is 0.853. The highest BCUT2D eigenvalue weighted by Gasteiger charge is 1.96. The van der Waals surface area contributed by atoms with E-state index in [9.17, 15) is 4.79 Å². The molecule has 90 valence electrons. The standard InChI is InChI=1S/C12H21N3O/c1-3-4-5-6-13-7-8-15-10-11(2)9-14-12(15)16/h9-10,13H,3-8H2,1-2H3. The minimum absolute atomic E-state index is 0.166. The second kappa shape index (κ2) is 7.17. The molecule has 0 fully saturated rings. The van der Waals surface area contributed by atoms with Crippen molar-refractivity contribution in [3.63, 3.8) is 0 Å². The van der Waals surface area contributed by atoms with Crippen molar-refractivity contribution in [3.8, 4) is 0 Å². The van der Waals surface area contributed by atoms with Gasteiger partial charge in [-0.2, -0.15) is 0 Å². The molecule has 0 amide bonds. The van der Waals surface area contributed by atoms with Crippen LogP contribution in [0.5, 0.6) is 0 Å². The Kier molecular flexibility index (Phi) is 5.78. The predicted molar refractivity (Wildman–Crippen MR) is 65.6 cm³/mol. The zero-order valence-corrected chi connectivity index (χ0v) is 10.2. The summed E-state index contributed by atoms with van der Waals surface area (Å²) < 4.78 is 1.65. The maximum Gasteiger partial charge on any atom is 0.347 e. The zero-order valence-electron chi connectivity index (χ0n) is 10.2. The molecule has 0 aliphatic rings. The quantitative estimate of drug-likeness (QED) is 0.709. The first-order chi connectivity index (χ1) is 7.74. The van der Waals surface area contributed by atoms with Crippen LogP contribution >= 0.6 is 0 Å². The number of nitrogens with one attached hydrogen (secondary N) is 1. The van der Waals surface area contributed by atoms with Gasteiger partial charge in [0.1, 0.15) is 0 Å². The summed E-state index contributed by atoms with van der Waals surface area (Å²) in [6, 6.07) is 0. The van der Waals surface area contributed by atoms with Crippen LogP contribution in [-0.2, 0) is 6.54 Å². The highest BCUT2D eigenvalue weighted by atomic mass is 16.1. The van der Waals surface area contributed by atoms with E-state index in [0.29, 0.717) is 6.54 Å². The fraction of sp³-hybridized carbons (Fsp3) is 0.667. The van der Waals surface area contributed by atoms with Crippen LogP contribution in [0.25, 0.3) is 0 Å². The lowest BCUT2D eigenvalue weighted by Crippen LogP contribution is -2.28. The van der Waals surface area contributed by atoms with Gasteiger partial charge in [-0.05, 0) is 25.5 Å². The maximum atomic E-state index is 11.4. The molecule has 1 rings (SSSR count). The Labute approximate surface area is 96.7 Å². The van der Waals surface area contributed by atoms with Gasteiger partial charge in [-0.15, -0.1) is 0 Å². The van der Waals surface area contributed by atoms with Crippen molar-refractivity contribution in [2.75, 3.05) is 13.1 Å². The third kappa shape index (κ3) is 4.57. The molecular formula is C12H21N3O. The highest BCUT2D eigenvalue weighted by Crippen LogP contribution is 1.91. The molecule has 0 bridgehead atoms. The summed E-state index contributed by atoms with van der Waals surface area (Å²) in [6.45, 7) is 6.69. The van der Waals surface area contributed by atoms with Crippen molar-refractivity contribution in [2.24, 2.45) is 0 Å². The molecule has 4 heteroatoms. The van der Waals surface area contributed by atoms with E-state index in [1.807, 2.05) is 13.1 Å². The topological polar surface area (TPSA) is 46.9 Å². The normalized spacial score (nSPS) is 10.6. The highest BCUT2D eigenvalue weighted by molar-refractivity contribution is 4.99. The van der Waals surface area contributed by atoms with Crippen LogP contribution in [-0.4, -0.2) is 22.6 Å². The van der Waals surface area contributed by atoms with Crippen LogP contribution in [0.3, 0.4) is 0 Å². The Balaban J connectivity index is 2.26. The second-order valence-electron chi connectivity index (χ2n) is 4.06. The van der Waals surface area contributed by atoms with Gasteiger partial charge in [0.05, 0.1) is 0 Å². The van der Waals surface area contributed by atoms with E-state index < -0.39 is 0 Å². The molecule has 0 atom stereocenters. The first-order valence-electron chi connectivity index (χ1n) is 5.98. The molecule has 1 aromatic heterocycles.